The SMILES string of the molecule is O=C(NCc1cn(C2CC(C(=O)O)C2)nn1)c1cc2ccoc2cc1F. The molecule has 0 radical (unpaired) electrons. The van der Waals surface area contributed by atoms with Gasteiger partial charge in [0, 0.05) is 11.5 Å². The molecule has 2 heterocycles. The molecule has 0 spiro atoms. The van der Waals surface area contributed by atoms with Gasteiger partial charge in [0.25, 0.3) is 5.91 Å². The molecule has 26 heavy (non-hydrogen) atoms. The minimum absolute atomic E-state index is 0.00833. The second-order valence-electron chi connectivity index (χ2n) is 6.32. The first kappa shape index (κ1) is 16.2. The minimum atomic E-state index is -0.800. The molecule has 4 rings (SSSR count). The predicted molar refractivity (Wildman–Crippen MR) is 86.8 cm³/mol. The van der Waals surface area contributed by atoms with E-state index in [1.807, 2.05) is 0 Å². The average Bonchev–Trinajstić information content (AvgIpc) is 3.19. The van der Waals surface area contributed by atoms with E-state index < -0.39 is 17.7 Å². The Bertz CT molecular complexity index is 990. The number of aliphatic carboxylic acids is 1. The third kappa shape index (κ3) is 2.92. The molecule has 1 saturated carbocycles. The van der Waals surface area contributed by atoms with Crippen molar-refractivity contribution in [2.45, 2.75) is 25.4 Å². The van der Waals surface area contributed by atoms with E-state index >= 15 is 0 Å². The number of fused-ring (bicyclic) bond motifs is 1. The zero-order chi connectivity index (χ0) is 18.3. The molecular formula is C17H15FN4O4. The summed E-state index contributed by atoms with van der Waals surface area (Å²) in [4.78, 5) is 23.1. The van der Waals surface area contributed by atoms with Crippen LogP contribution in [0.3, 0.4) is 0 Å². The van der Waals surface area contributed by atoms with Gasteiger partial charge in [-0.1, -0.05) is 5.21 Å². The number of carbonyl (C=O) groups is 2. The smallest absolute Gasteiger partial charge is 0.306 e. The number of carboxylic acids is 1. The molecule has 3 aromatic rings. The van der Waals surface area contributed by atoms with Crippen LogP contribution < -0.4 is 5.32 Å². The molecule has 8 nitrogen and oxygen atoms in total. The van der Waals surface area contributed by atoms with E-state index in [1.54, 1.807) is 16.9 Å². The van der Waals surface area contributed by atoms with E-state index in [0.717, 1.165) is 0 Å². The highest BCUT2D eigenvalue weighted by molar-refractivity contribution is 5.98. The summed E-state index contributed by atoms with van der Waals surface area (Å²) in [5, 5.41) is 20.1. The van der Waals surface area contributed by atoms with Crippen LogP contribution in [-0.2, 0) is 11.3 Å². The number of aromatic nitrogens is 3. The van der Waals surface area contributed by atoms with Crippen molar-refractivity contribution in [2.75, 3.05) is 0 Å². The predicted octanol–water partition coefficient (Wildman–Crippen LogP) is 2.13. The number of amides is 1. The maximum atomic E-state index is 14.0. The Morgan fingerprint density at radius 3 is 2.96 bits per heavy atom. The number of carbonyl (C=O) groups excluding carboxylic acids is 1. The van der Waals surface area contributed by atoms with Gasteiger partial charge in [0.1, 0.15) is 17.1 Å². The van der Waals surface area contributed by atoms with Gasteiger partial charge in [-0.15, -0.1) is 5.10 Å². The fourth-order valence-corrected chi connectivity index (χ4v) is 3.00. The van der Waals surface area contributed by atoms with E-state index in [1.165, 1.54) is 18.4 Å². The number of benzene rings is 1. The third-order valence-corrected chi connectivity index (χ3v) is 4.61. The van der Waals surface area contributed by atoms with Crippen molar-refractivity contribution in [1.82, 2.24) is 20.3 Å². The molecule has 1 aliphatic rings. The summed E-state index contributed by atoms with van der Waals surface area (Å²) in [6, 6.07) is 4.27. The standard InChI is InChI=1S/C17H15FN4O4/c18-14-6-15-9(1-2-26-15)5-13(14)16(23)19-7-11-8-22(21-20-11)12-3-10(4-12)17(24)25/h1-2,5-6,8,10,12H,3-4,7H2,(H,19,23)(H,24,25). The van der Waals surface area contributed by atoms with Gasteiger partial charge in [-0.05, 0) is 25.0 Å². The first-order valence-corrected chi connectivity index (χ1v) is 8.09. The van der Waals surface area contributed by atoms with Gasteiger partial charge >= 0.3 is 5.97 Å². The van der Waals surface area contributed by atoms with Crippen molar-refractivity contribution in [3.63, 3.8) is 0 Å². The number of furan rings is 1. The number of nitrogens with one attached hydrogen (secondary N) is 1. The molecule has 0 aliphatic heterocycles. The van der Waals surface area contributed by atoms with Gasteiger partial charge in [-0.2, -0.15) is 0 Å². The summed E-state index contributed by atoms with van der Waals surface area (Å²) in [5.74, 6) is -2.36. The Morgan fingerprint density at radius 2 is 2.19 bits per heavy atom. The second kappa shape index (κ2) is 6.25. The average molecular weight is 358 g/mol. The van der Waals surface area contributed by atoms with Crippen LogP contribution in [0.25, 0.3) is 11.0 Å². The summed E-state index contributed by atoms with van der Waals surface area (Å²) >= 11 is 0. The summed E-state index contributed by atoms with van der Waals surface area (Å²) in [6.07, 6.45) is 4.12. The van der Waals surface area contributed by atoms with Crippen molar-refractivity contribution in [3.05, 3.63) is 47.7 Å². The van der Waals surface area contributed by atoms with E-state index in [2.05, 4.69) is 15.6 Å². The number of nitrogens with zero attached hydrogens (tertiary/aromatic N) is 3. The lowest BCUT2D eigenvalue weighted by Gasteiger charge is -2.31. The van der Waals surface area contributed by atoms with Crippen LogP contribution in [-0.4, -0.2) is 32.0 Å². The summed E-state index contributed by atoms with van der Waals surface area (Å²) in [5.41, 5.74) is 0.818. The molecule has 0 atom stereocenters. The van der Waals surface area contributed by atoms with Crippen molar-refractivity contribution in [1.29, 1.82) is 0 Å². The number of halogens is 1. The quantitative estimate of drug-likeness (QED) is 0.723. The third-order valence-electron chi connectivity index (χ3n) is 4.61. The Hall–Kier alpha value is -3.23. The molecule has 1 aliphatic carbocycles. The Morgan fingerprint density at radius 1 is 1.38 bits per heavy atom. The van der Waals surface area contributed by atoms with Crippen LogP contribution in [0.2, 0.25) is 0 Å². The van der Waals surface area contributed by atoms with Crippen LogP contribution >= 0.6 is 0 Å². The molecule has 134 valence electrons. The summed E-state index contributed by atoms with van der Waals surface area (Å²) in [7, 11) is 0. The first-order valence-electron chi connectivity index (χ1n) is 8.09. The normalized spacial score (nSPS) is 19.3. The Balaban J connectivity index is 1.39. The van der Waals surface area contributed by atoms with Gasteiger partial charge in [0.05, 0.1) is 36.5 Å². The highest BCUT2D eigenvalue weighted by Crippen LogP contribution is 2.37. The minimum Gasteiger partial charge on any atom is -0.481 e. The topological polar surface area (TPSA) is 110 Å². The Labute approximate surface area is 146 Å². The molecule has 1 aromatic carbocycles. The maximum Gasteiger partial charge on any atom is 0.306 e. The summed E-state index contributed by atoms with van der Waals surface area (Å²) < 4.78 is 20.7. The van der Waals surface area contributed by atoms with Gasteiger partial charge in [-0.3, -0.25) is 9.59 Å². The number of hydrogen-bond donors (Lipinski definition) is 2. The van der Waals surface area contributed by atoms with E-state index in [9.17, 15) is 14.0 Å². The molecule has 1 fully saturated rings. The van der Waals surface area contributed by atoms with Crippen molar-refractivity contribution < 1.29 is 23.5 Å². The van der Waals surface area contributed by atoms with Gasteiger partial charge < -0.3 is 14.8 Å². The lowest BCUT2D eigenvalue weighted by Crippen LogP contribution is -2.32. The zero-order valence-electron chi connectivity index (χ0n) is 13.6. The van der Waals surface area contributed by atoms with Gasteiger partial charge in [0.2, 0.25) is 0 Å². The lowest BCUT2D eigenvalue weighted by atomic mass is 9.80. The van der Waals surface area contributed by atoms with Crippen LogP contribution in [0.15, 0.2) is 35.1 Å². The maximum absolute atomic E-state index is 14.0. The molecular weight excluding hydrogens is 343 g/mol. The molecule has 1 amide bonds. The zero-order valence-corrected chi connectivity index (χ0v) is 13.6. The highest BCUT2D eigenvalue weighted by atomic mass is 19.1. The van der Waals surface area contributed by atoms with Crippen molar-refractivity contribution >= 4 is 22.8 Å². The number of carboxylic acid groups (broad SMARTS) is 1. The van der Waals surface area contributed by atoms with Gasteiger partial charge in [-0.25, -0.2) is 9.07 Å². The highest BCUT2D eigenvalue weighted by Gasteiger charge is 2.36. The molecule has 0 unspecified atom stereocenters. The molecule has 9 heteroatoms. The fourth-order valence-electron chi connectivity index (χ4n) is 3.00. The van der Waals surface area contributed by atoms with E-state index in [0.29, 0.717) is 29.5 Å². The monoisotopic (exact) mass is 358 g/mol. The van der Waals surface area contributed by atoms with Crippen LogP contribution in [0.5, 0.6) is 0 Å². The summed E-state index contributed by atoms with van der Waals surface area (Å²) in [6.45, 7) is 0.0940. The molecule has 2 aromatic heterocycles. The van der Waals surface area contributed by atoms with Crippen LogP contribution in [0.4, 0.5) is 4.39 Å². The van der Waals surface area contributed by atoms with E-state index in [-0.39, 0.29) is 24.1 Å². The van der Waals surface area contributed by atoms with Crippen LogP contribution in [0, 0.1) is 11.7 Å². The van der Waals surface area contributed by atoms with Crippen LogP contribution in [0.1, 0.15) is 34.9 Å². The fraction of sp³-hybridized carbons (Fsp3) is 0.294. The van der Waals surface area contributed by atoms with Crippen molar-refractivity contribution in [3.8, 4) is 0 Å². The second-order valence-corrected chi connectivity index (χ2v) is 6.32. The first-order chi connectivity index (χ1) is 12.5. The van der Waals surface area contributed by atoms with E-state index in [4.69, 9.17) is 9.52 Å². The number of hydrogen-bond acceptors (Lipinski definition) is 5. The van der Waals surface area contributed by atoms with Gasteiger partial charge in [0.15, 0.2) is 0 Å². The number of rotatable bonds is 5. The molecule has 2 N–H and O–H groups in total. The lowest BCUT2D eigenvalue weighted by molar-refractivity contribution is -0.146. The molecule has 0 bridgehead atoms. The molecule has 0 saturated heterocycles. The largest absolute Gasteiger partial charge is 0.481 e. The van der Waals surface area contributed by atoms with Crippen molar-refractivity contribution in [2.24, 2.45) is 5.92 Å². The Kier molecular flexibility index (Phi) is 3.90.